The summed E-state index contributed by atoms with van der Waals surface area (Å²) in [4.78, 5) is 19.4. The van der Waals surface area contributed by atoms with Gasteiger partial charge in [-0.15, -0.1) is 0 Å². The van der Waals surface area contributed by atoms with E-state index in [1.54, 1.807) is 0 Å². The van der Waals surface area contributed by atoms with Gasteiger partial charge < -0.3 is 10.3 Å². The van der Waals surface area contributed by atoms with Gasteiger partial charge in [0, 0.05) is 4.47 Å². The lowest BCUT2D eigenvalue weighted by Crippen LogP contribution is -2.15. The number of benzene rings is 2. The molecule has 0 aliphatic carbocycles. The van der Waals surface area contributed by atoms with Gasteiger partial charge in [0.1, 0.15) is 0 Å². The van der Waals surface area contributed by atoms with Gasteiger partial charge in [0.25, 0.3) is 0 Å². The quantitative estimate of drug-likeness (QED) is 0.485. The Labute approximate surface area is 163 Å². The second-order valence-electron chi connectivity index (χ2n) is 5.23. The Morgan fingerprint density at radius 3 is 2.77 bits per heavy atom. The number of fused-ring (bicyclic) bond motifs is 1. The second-order valence-corrected chi connectivity index (χ2v) is 7.52. The molecule has 4 nitrogen and oxygen atoms in total. The lowest BCUT2D eigenvalue weighted by atomic mass is 10.2. The first-order chi connectivity index (χ1) is 12.2. The van der Waals surface area contributed by atoms with E-state index in [9.17, 15) is 18.0 Å². The summed E-state index contributed by atoms with van der Waals surface area (Å²) < 4.78 is 39.2. The number of rotatable bonds is 4. The third kappa shape index (κ3) is 4.52. The molecular formula is C16H10BrClF3N3OS. The molecule has 0 aliphatic rings. The molecule has 0 unspecified atom stereocenters. The van der Waals surface area contributed by atoms with Crippen LogP contribution in [-0.4, -0.2) is 21.6 Å². The number of halogens is 5. The van der Waals surface area contributed by atoms with E-state index in [1.165, 1.54) is 0 Å². The zero-order valence-electron chi connectivity index (χ0n) is 12.8. The molecule has 3 aromatic rings. The summed E-state index contributed by atoms with van der Waals surface area (Å²) >= 11 is 10.4. The number of imidazole rings is 1. The van der Waals surface area contributed by atoms with Crippen molar-refractivity contribution in [1.82, 2.24) is 9.97 Å². The number of alkyl halides is 3. The van der Waals surface area contributed by atoms with Gasteiger partial charge in [-0.1, -0.05) is 39.3 Å². The van der Waals surface area contributed by atoms with Crippen molar-refractivity contribution in [3.63, 3.8) is 0 Å². The Hall–Kier alpha value is -1.71. The van der Waals surface area contributed by atoms with Crippen LogP contribution in [0.5, 0.6) is 0 Å². The molecule has 0 saturated carbocycles. The highest BCUT2D eigenvalue weighted by Gasteiger charge is 2.31. The maximum Gasteiger partial charge on any atom is 0.416 e. The van der Waals surface area contributed by atoms with Gasteiger partial charge in [0.15, 0.2) is 5.16 Å². The van der Waals surface area contributed by atoms with Crippen molar-refractivity contribution in [3.8, 4) is 0 Å². The lowest BCUT2D eigenvalue weighted by molar-refractivity contribution is -0.137. The zero-order valence-corrected chi connectivity index (χ0v) is 16.0. The third-order valence-corrected chi connectivity index (χ3v) is 5.03. The number of aromatic nitrogens is 2. The van der Waals surface area contributed by atoms with Gasteiger partial charge in [-0.05, 0) is 36.4 Å². The Bertz CT molecular complexity index is 977. The number of thioether (sulfide) groups is 1. The summed E-state index contributed by atoms with van der Waals surface area (Å²) in [6, 6.07) is 8.30. The number of nitrogens with one attached hydrogen (secondary N) is 2. The summed E-state index contributed by atoms with van der Waals surface area (Å²) in [6.07, 6.45) is -4.51. The number of carbonyl (C=O) groups excluding carboxylic acids is 1. The first-order valence-electron chi connectivity index (χ1n) is 7.17. The Morgan fingerprint density at radius 2 is 2.04 bits per heavy atom. The fraction of sp³-hybridized carbons (Fsp3) is 0.125. The molecule has 26 heavy (non-hydrogen) atoms. The molecule has 1 amide bonds. The highest BCUT2D eigenvalue weighted by Crippen LogP contribution is 2.34. The first-order valence-corrected chi connectivity index (χ1v) is 9.33. The largest absolute Gasteiger partial charge is 0.416 e. The van der Waals surface area contributed by atoms with E-state index < -0.39 is 17.6 Å². The molecule has 0 aliphatic heterocycles. The van der Waals surface area contributed by atoms with Crippen LogP contribution in [-0.2, 0) is 11.0 Å². The molecule has 0 spiro atoms. The van der Waals surface area contributed by atoms with Crippen molar-refractivity contribution in [1.29, 1.82) is 0 Å². The molecule has 3 rings (SSSR count). The molecule has 2 N–H and O–H groups in total. The summed E-state index contributed by atoms with van der Waals surface area (Å²) in [7, 11) is 0. The molecule has 1 heterocycles. The summed E-state index contributed by atoms with van der Waals surface area (Å²) in [5.41, 5.74) is 0.591. The third-order valence-electron chi connectivity index (χ3n) is 3.33. The maximum atomic E-state index is 12.8. The van der Waals surface area contributed by atoms with Crippen molar-refractivity contribution in [2.24, 2.45) is 0 Å². The molecule has 0 radical (unpaired) electrons. The number of aromatic amines is 1. The van der Waals surface area contributed by atoms with E-state index in [1.807, 2.05) is 18.2 Å². The molecule has 0 atom stereocenters. The Kier molecular flexibility index (Phi) is 5.50. The molecule has 2 aromatic carbocycles. The number of hydrogen-bond acceptors (Lipinski definition) is 3. The van der Waals surface area contributed by atoms with E-state index in [0.29, 0.717) is 5.16 Å². The van der Waals surface area contributed by atoms with E-state index in [4.69, 9.17) is 11.6 Å². The lowest BCUT2D eigenvalue weighted by Gasteiger charge is -2.11. The summed E-state index contributed by atoms with van der Waals surface area (Å²) in [5.74, 6) is -0.522. The van der Waals surface area contributed by atoms with Crippen molar-refractivity contribution in [2.45, 2.75) is 11.3 Å². The summed E-state index contributed by atoms with van der Waals surface area (Å²) in [5, 5.41) is 2.96. The fourth-order valence-electron chi connectivity index (χ4n) is 2.14. The number of anilines is 1. The van der Waals surface area contributed by atoms with Crippen LogP contribution in [0.15, 0.2) is 46.0 Å². The maximum absolute atomic E-state index is 12.8. The smallest absolute Gasteiger partial charge is 0.333 e. The molecular weight excluding hydrogens is 455 g/mol. The molecule has 136 valence electrons. The van der Waals surface area contributed by atoms with Gasteiger partial charge in [0.2, 0.25) is 5.91 Å². The second kappa shape index (κ2) is 7.50. The standard InChI is InChI=1S/C16H10BrClF3N3OS/c17-9-2-4-11-13(6-9)24-15(23-11)26-7-14(25)22-12-5-8(16(19,20)21)1-3-10(12)18/h1-6H,7H2,(H,22,25)(H,23,24). The predicted molar refractivity (Wildman–Crippen MR) is 99.6 cm³/mol. The minimum atomic E-state index is -4.51. The van der Waals surface area contributed by atoms with Crippen molar-refractivity contribution in [2.75, 3.05) is 11.1 Å². The minimum Gasteiger partial charge on any atom is -0.333 e. The summed E-state index contributed by atoms with van der Waals surface area (Å²) in [6.45, 7) is 0. The molecule has 0 fully saturated rings. The number of hydrogen-bond donors (Lipinski definition) is 2. The van der Waals surface area contributed by atoms with Crippen LogP contribution in [0.3, 0.4) is 0 Å². The number of H-pyrrole nitrogens is 1. The van der Waals surface area contributed by atoms with Crippen molar-refractivity contribution >= 4 is 61.9 Å². The predicted octanol–water partition coefficient (Wildman–Crippen LogP) is 5.73. The van der Waals surface area contributed by atoms with Gasteiger partial charge >= 0.3 is 6.18 Å². The molecule has 10 heteroatoms. The normalized spacial score (nSPS) is 11.7. The van der Waals surface area contributed by atoms with Gasteiger partial charge in [0.05, 0.1) is 33.1 Å². The van der Waals surface area contributed by atoms with Crippen LogP contribution in [0.1, 0.15) is 5.56 Å². The van der Waals surface area contributed by atoms with E-state index in [2.05, 4.69) is 31.2 Å². The SMILES string of the molecule is O=C(CSc1nc2ccc(Br)cc2[nH]1)Nc1cc(C(F)(F)F)ccc1Cl. The van der Waals surface area contributed by atoms with Crippen LogP contribution >= 0.6 is 39.3 Å². The van der Waals surface area contributed by atoms with Gasteiger partial charge in [-0.2, -0.15) is 13.2 Å². The van der Waals surface area contributed by atoms with E-state index in [-0.39, 0.29) is 16.5 Å². The van der Waals surface area contributed by atoms with Crippen molar-refractivity contribution < 1.29 is 18.0 Å². The highest BCUT2D eigenvalue weighted by atomic mass is 79.9. The van der Waals surface area contributed by atoms with Crippen LogP contribution in [0.25, 0.3) is 11.0 Å². The average Bonchev–Trinajstić information content (AvgIpc) is 2.96. The monoisotopic (exact) mass is 463 g/mol. The van der Waals surface area contributed by atoms with Gasteiger partial charge in [-0.3, -0.25) is 4.79 Å². The highest BCUT2D eigenvalue weighted by molar-refractivity contribution is 9.10. The minimum absolute atomic E-state index is 0.0323. The Balaban J connectivity index is 1.67. The molecule has 0 bridgehead atoms. The van der Waals surface area contributed by atoms with E-state index >= 15 is 0 Å². The first kappa shape index (κ1) is 19.1. The molecule has 0 saturated heterocycles. The average molecular weight is 465 g/mol. The zero-order chi connectivity index (χ0) is 18.9. The molecule has 1 aromatic heterocycles. The van der Waals surface area contributed by atoms with Crippen molar-refractivity contribution in [3.05, 3.63) is 51.5 Å². The van der Waals surface area contributed by atoms with Crippen LogP contribution in [0.2, 0.25) is 5.02 Å². The van der Waals surface area contributed by atoms with Gasteiger partial charge in [-0.25, -0.2) is 4.98 Å². The van der Waals surface area contributed by atoms with Crippen LogP contribution < -0.4 is 5.32 Å². The number of amides is 1. The topological polar surface area (TPSA) is 57.8 Å². The van der Waals surface area contributed by atoms with Crippen LogP contribution in [0.4, 0.5) is 18.9 Å². The number of nitrogens with zero attached hydrogens (tertiary/aromatic N) is 1. The fourth-order valence-corrected chi connectivity index (χ4v) is 3.36. The number of carbonyl (C=O) groups is 1. The van der Waals surface area contributed by atoms with E-state index in [0.717, 1.165) is 45.5 Å². The van der Waals surface area contributed by atoms with Crippen LogP contribution in [0, 0.1) is 0 Å². The Morgan fingerprint density at radius 1 is 1.27 bits per heavy atom.